The van der Waals surface area contributed by atoms with Crippen LogP contribution in [0.25, 0.3) is 27.7 Å². The summed E-state index contributed by atoms with van der Waals surface area (Å²) in [4.78, 5) is 20.2. The third-order valence-electron chi connectivity index (χ3n) is 7.20. The van der Waals surface area contributed by atoms with Gasteiger partial charge in [0.15, 0.2) is 0 Å². The summed E-state index contributed by atoms with van der Waals surface area (Å²) < 4.78 is 0. The minimum Gasteiger partial charge on any atom is -0.354 e. The Morgan fingerprint density at radius 3 is 2.61 bits per heavy atom. The fourth-order valence-corrected chi connectivity index (χ4v) is 5.71. The molecule has 0 saturated carbocycles. The average Bonchev–Trinajstić information content (AvgIpc) is 3.46. The van der Waals surface area contributed by atoms with Gasteiger partial charge in [-0.15, -0.1) is 0 Å². The molecule has 2 bridgehead atoms. The summed E-state index contributed by atoms with van der Waals surface area (Å²) in [6.07, 6.45) is 6.03. The van der Waals surface area contributed by atoms with E-state index < -0.39 is 0 Å². The molecule has 2 N–H and O–H groups in total. The van der Waals surface area contributed by atoms with E-state index in [1.54, 1.807) is 0 Å². The van der Waals surface area contributed by atoms with Crippen molar-refractivity contribution in [2.75, 3.05) is 26.2 Å². The molecule has 2 fully saturated rings. The van der Waals surface area contributed by atoms with Crippen LogP contribution in [0.3, 0.4) is 0 Å². The van der Waals surface area contributed by atoms with Crippen LogP contribution in [-0.2, 0) is 0 Å². The van der Waals surface area contributed by atoms with Crippen molar-refractivity contribution >= 4 is 22.5 Å². The van der Waals surface area contributed by atoms with E-state index in [1.165, 1.54) is 46.1 Å². The number of urea groups is 1. The lowest BCUT2D eigenvalue weighted by Crippen LogP contribution is -2.44. The third kappa shape index (κ3) is 3.24. The molecule has 3 aliphatic heterocycles. The summed E-state index contributed by atoms with van der Waals surface area (Å²) in [5.41, 5.74) is 6.52. The van der Waals surface area contributed by atoms with Crippen LogP contribution in [-0.4, -0.2) is 59.1 Å². The monoisotopic (exact) mass is 412 g/mol. The van der Waals surface area contributed by atoms with Gasteiger partial charge in [-0.05, 0) is 36.5 Å². The number of nitrogens with zero attached hydrogens (tertiary/aromatic N) is 2. The Bertz CT molecular complexity index is 1150. The Balaban J connectivity index is 1.34. The van der Waals surface area contributed by atoms with Gasteiger partial charge in [0.1, 0.15) is 0 Å². The molecule has 0 aliphatic carbocycles. The maximum absolute atomic E-state index is 11.9. The number of nitrogens with one attached hydrogen (secondary N) is 2. The van der Waals surface area contributed by atoms with Gasteiger partial charge in [-0.25, -0.2) is 4.79 Å². The van der Waals surface area contributed by atoms with Crippen LogP contribution < -0.4 is 5.32 Å². The topological polar surface area (TPSA) is 51.4 Å². The third-order valence-corrected chi connectivity index (χ3v) is 7.20. The first-order valence-corrected chi connectivity index (χ1v) is 11.4. The van der Waals surface area contributed by atoms with E-state index in [4.69, 9.17) is 0 Å². The standard InChI is InChI=1S/C26H28N4O/c31-26-27-12-13-29(26)14-15-30-20-10-11-21(30)17-19(16-20)24-22-8-4-5-9-23(22)28-25(24)18-6-2-1-3-7-18/h1-9,16,20-21,28H,10-15,17H2,(H,27,31). The molecular formula is C26H28N4O. The molecule has 1 aromatic heterocycles. The maximum Gasteiger partial charge on any atom is 0.317 e. The van der Waals surface area contributed by atoms with Gasteiger partial charge in [-0.2, -0.15) is 0 Å². The number of H-pyrrole nitrogens is 1. The Kier molecular flexibility index (Phi) is 4.57. The Morgan fingerprint density at radius 2 is 1.81 bits per heavy atom. The van der Waals surface area contributed by atoms with Crippen molar-refractivity contribution in [3.8, 4) is 11.3 Å². The first kappa shape index (κ1) is 18.7. The van der Waals surface area contributed by atoms with Crippen LogP contribution in [0.5, 0.6) is 0 Å². The van der Waals surface area contributed by atoms with Crippen LogP contribution in [0, 0.1) is 0 Å². The number of aromatic amines is 1. The van der Waals surface area contributed by atoms with Gasteiger partial charge in [-0.1, -0.05) is 54.6 Å². The first-order chi connectivity index (χ1) is 15.3. The van der Waals surface area contributed by atoms with Gasteiger partial charge in [-0.3, -0.25) is 4.90 Å². The molecule has 2 atom stereocenters. The number of rotatable bonds is 5. The lowest BCUT2D eigenvalue weighted by Gasteiger charge is -2.35. The van der Waals surface area contributed by atoms with Gasteiger partial charge in [0.2, 0.25) is 0 Å². The largest absolute Gasteiger partial charge is 0.354 e. The smallest absolute Gasteiger partial charge is 0.317 e. The minimum absolute atomic E-state index is 0.0897. The summed E-state index contributed by atoms with van der Waals surface area (Å²) in [5, 5.41) is 4.23. The molecule has 2 aromatic carbocycles. The number of benzene rings is 2. The molecule has 4 heterocycles. The number of carbonyl (C=O) groups is 1. The fraction of sp³-hybridized carbons (Fsp3) is 0.346. The minimum atomic E-state index is 0.0897. The maximum atomic E-state index is 11.9. The van der Waals surface area contributed by atoms with Crippen LogP contribution in [0.4, 0.5) is 4.79 Å². The highest BCUT2D eigenvalue weighted by atomic mass is 16.2. The summed E-state index contributed by atoms with van der Waals surface area (Å²) >= 11 is 0. The molecule has 5 heteroatoms. The normalized spacial score (nSPS) is 23.4. The van der Waals surface area contributed by atoms with E-state index in [9.17, 15) is 4.79 Å². The number of amides is 2. The zero-order valence-corrected chi connectivity index (χ0v) is 17.7. The predicted octanol–water partition coefficient (Wildman–Crippen LogP) is 4.48. The van der Waals surface area contributed by atoms with Gasteiger partial charge in [0, 0.05) is 54.7 Å². The summed E-state index contributed by atoms with van der Waals surface area (Å²) in [5.74, 6) is 0. The molecule has 158 valence electrons. The second-order valence-corrected chi connectivity index (χ2v) is 8.94. The van der Waals surface area contributed by atoms with Crippen molar-refractivity contribution in [3.63, 3.8) is 0 Å². The summed E-state index contributed by atoms with van der Waals surface area (Å²) in [6.45, 7) is 3.40. The Morgan fingerprint density at radius 1 is 0.968 bits per heavy atom. The van der Waals surface area contributed by atoms with E-state index in [-0.39, 0.29) is 6.03 Å². The van der Waals surface area contributed by atoms with Crippen molar-refractivity contribution in [1.82, 2.24) is 20.1 Å². The fourth-order valence-electron chi connectivity index (χ4n) is 5.71. The molecule has 2 saturated heterocycles. The highest BCUT2D eigenvalue weighted by Crippen LogP contribution is 2.43. The van der Waals surface area contributed by atoms with Crippen LogP contribution in [0.15, 0.2) is 60.7 Å². The zero-order valence-electron chi connectivity index (χ0n) is 17.7. The summed E-state index contributed by atoms with van der Waals surface area (Å²) in [6, 6.07) is 20.5. The van der Waals surface area contributed by atoms with Crippen LogP contribution in [0.2, 0.25) is 0 Å². The molecule has 2 amide bonds. The Hall–Kier alpha value is -3.05. The first-order valence-electron chi connectivity index (χ1n) is 11.4. The molecule has 2 unspecified atom stereocenters. The lowest BCUT2D eigenvalue weighted by atomic mass is 9.91. The number of hydrogen-bond donors (Lipinski definition) is 2. The predicted molar refractivity (Wildman–Crippen MR) is 125 cm³/mol. The van der Waals surface area contributed by atoms with Gasteiger partial charge in [0.05, 0.1) is 5.69 Å². The number of para-hydroxylation sites is 1. The molecule has 5 nitrogen and oxygen atoms in total. The van der Waals surface area contributed by atoms with E-state index in [2.05, 4.69) is 75.9 Å². The van der Waals surface area contributed by atoms with E-state index in [0.29, 0.717) is 12.1 Å². The molecule has 6 rings (SSSR count). The number of hydrogen-bond acceptors (Lipinski definition) is 2. The summed E-state index contributed by atoms with van der Waals surface area (Å²) in [7, 11) is 0. The molecule has 3 aromatic rings. The molecule has 0 spiro atoms. The van der Waals surface area contributed by atoms with Gasteiger partial charge >= 0.3 is 6.03 Å². The second-order valence-electron chi connectivity index (χ2n) is 8.94. The van der Waals surface area contributed by atoms with Crippen molar-refractivity contribution in [1.29, 1.82) is 0 Å². The molecular weight excluding hydrogens is 384 g/mol. The SMILES string of the molecule is O=C1NCCN1CCN1C2C=C(c3c(-c4ccccc4)[nH]c4ccccc34)CC1CC2. The number of fused-ring (bicyclic) bond motifs is 3. The van der Waals surface area contributed by atoms with E-state index in [1.807, 2.05) is 4.90 Å². The lowest BCUT2D eigenvalue weighted by molar-refractivity contribution is 0.178. The molecule has 31 heavy (non-hydrogen) atoms. The molecule has 0 radical (unpaired) electrons. The number of aromatic nitrogens is 1. The highest BCUT2D eigenvalue weighted by molar-refractivity contribution is 6.00. The van der Waals surface area contributed by atoms with Crippen LogP contribution in [0.1, 0.15) is 24.8 Å². The van der Waals surface area contributed by atoms with Gasteiger partial charge < -0.3 is 15.2 Å². The van der Waals surface area contributed by atoms with Crippen molar-refractivity contribution in [2.24, 2.45) is 0 Å². The van der Waals surface area contributed by atoms with Crippen LogP contribution >= 0.6 is 0 Å². The van der Waals surface area contributed by atoms with E-state index >= 15 is 0 Å². The Labute approximate surface area is 182 Å². The van der Waals surface area contributed by atoms with Crippen molar-refractivity contribution in [3.05, 3.63) is 66.2 Å². The van der Waals surface area contributed by atoms with Crippen molar-refractivity contribution in [2.45, 2.75) is 31.3 Å². The quantitative estimate of drug-likeness (QED) is 0.649. The average molecular weight is 413 g/mol. The van der Waals surface area contributed by atoms with Gasteiger partial charge in [0.25, 0.3) is 0 Å². The second kappa shape index (κ2) is 7.57. The molecule has 3 aliphatic rings. The number of carbonyl (C=O) groups excluding carboxylic acids is 1. The zero-order chi connectivity index (χ0) is 20.8. The van der Waals surface area contributed by atoms with E-state index in [0.717, 1.165) is 32.6 Å². The van der Waals surface area contributed by atoms with Crippen molar-refractivity contribution < 1.29 is 4.79 Å². The highest BCUT2D eigenvalue weighted by Gasteiger charge is 2.38.